The molecule has 2 saturated heterocycles. The molecule has 0 bridgehead atoms. The second-order valence-electron chi connectivity index (χ2n) is 11.0. The van der Waals surface area contributed by atoms with Gasteiger partial charge in [0.2, 0.25) is 10.0 Å². The summed E-state index contributed by atoms with van der Waals surface area (Å²) in [5.41, 5.74) is 1.61. The van der Waals surface area contributed by atoms with E-state index in [9.17, 15) is 21.9 Å². The Hall–Kier alpha value is -1.94. The topological polar surface area (TPSA) is 138 Å². The zero-order chi connectivity index (χ0) is 30.0. The van der Waals surface area contributed by atoms with Crippen LogP contribution in [0.2, 0.25) is 0 Å². The van der Waals surface area contributed by atoms with Crippen LogP contribution >= 0.6 is 0 Å². The van der Waals surface area contributed by atoms with Gasteiger partial charge in [-0.2, -0.15) is 12.7 Å². The fraction of sp³-hybridized carbons (Fsp3) is 0.571. The third-order valence-corrected chi connectivity index (χ3v) is 9.02. The van der Waals surface area contributed by atoms with Crippen LogP contribution in [0, 0.1) is 0 Å². The van der Waals surface area contributed by atoms with Gasteiger partial charge in [-0.25, -0.2) is 8.42 Å². The number of aliphatic hydroxyl groups is 1. The van der Waals surface area contributed by atoms with Crippen LogP contribution in [-0.2, 0) is 56.5 Å². The fourth-order valence-electron chi connectivity index (χ4n) is 5.54. The largest absolute Gasteiger partial charge is 0.389 e. The molecule has 13 heteroatoms. The van der Waals surface area contributed by atoms with Crippen LogP contribution in [0.1, 0.15) is 31.9 Å². The summed E-state index contributed by atoms with van der Waals surface area (Å²) in [6, 6.07) is 16.5. The van der Waals surface area contributed by atoms with Crippen LogP contribution in [0.4, 0.5) is 0 Å². The van der Waals surface area contributed by atoms with Crippen LogP contribution in [0.3, 0.4) is 0 Å². The third kappa shape index (κ3) is 8.12. The zero-order valence-corrected chi connectivity index (χ0v) is 25.5. The first-order chi connectivity index (χ1) is 19.2. The van der Waals surface area contributed by atoms with Crippen molar-refractivity contribution in [2.75, 3.05) is 19.1 Å². The molecule has 4 rings (SSSR count). The average molecular weight is 614 g/mol. The third-order valence-electron chi connectivity index (χ3n) is 7.08. The fourth-order valence-corrected chi connectivity index (χ4v) is 7.56. The average Bonchev–Trinajstić information content (AvgIpc) is 3.34. The van der Waals surface area contributed by atoms with Crippen molar-refractivity contribution < 1.29 is 45.1 Å². The quantitative estimate of drug-likeness (QED) is 0.334. The molecule has 2 aromatic carbocycles. The molecule has 0 amide bonds. The molecule has 0 aliphatic carbocycles. The summed E-state index contributed by atoms with van der Waals surface area (Å²) in [4.78, 5) is 0. The molecule has 41 heavy (non-hydrogen) atoms. The minimum Gasteiger partial charge on any atom is -0.389 e. The van der Waals surface area contributed by atoms with E-state index in [1.54, 1.807) is 20.8 Å². The van der Waals surface area contributed by atoms with E-state index in [1.807, 2.05) is 60.7 Å². The lowest BCUT2D eigenvalue weighted by Gasteiger charge is -2.38. The monoisotopic (exact) mass is 613 g/mol. The van der Waals surface area contributed by atoms with E-state index in [-0.39, 0.29) is 19.8 Å². The highest BCUT2D eigenvalue weighted by Crippen LogP contribution is 2.43. The van der Waals surface area contributed by atoms with E-state index in [1.165, 1.54) is 0 Å². The molecular weight excluding hydrogens is 574 g/mol. The highest BCUT2D eigenvalue weighted by molar-refractivity contribution is 7.88. The Morgan fingerprint density at radius 3 is 1.98 bits per heavy atom. The van der Waals surface area contributed by atoms with Gasteiger partial charge in [-0.15, -0.1) is 0 Å². The van der Waals surface area contributed by atoms with Gasteiger partial charge in [-0.05, 0) is 31.9 Å². The number of hydrogen-bond donors (Lipinski definition) is 1. The minimum absolute atomic E-state index is 0.0109. The second-order valence-corrected chi connectivity index (χ2v) is 14.5. The van der Waals surface area contributed by atoms with E-state index < -0.39 is 68.5 Å². The number of benzene rings is 2. The van der Waals surface area contributed by atoms with Crippen molar-refractivity contribution in [3.8, 4) is 0 Å². The second kappa shape index (κ2) is 12.7. The van der Waals surface area contributed by atoms with Crippen LogP contribution in [-0.4, -0.2) is 93.8 Å². The number of hydrogen-bond acceptors (Lipinski definition) is 10. The maximum absolute atomic E-state index is 13.0. The summed E-state index contributed by atoms with van der Waals surface area (Å²) in [6.07, 6.45) is -3.83. The lowest BCUT2D eigenvalue weighted by Crippen LogP contribution is -2.58. The summed E-state index contributed by atoms with van der Waals surface area (Å²) in [7, 11) is -7.92. The summed E-state index contributed by atoms with van der Waals surface area (Å²) >= 11 is 0. The van der Waals surface area contributed by atoms with E-state index in [4.69, 9.17) is 23.1 Å². The molecule has 0 saturated carbocycles. The SMILES string of the molecule is C[C@@H]1[C@H]2OC(C)(C)O[C@H]2[C@H]([C@@H](O)[C@H](OCc2ccccc2)[C@H](COCc2ccccc2)OS(C)(=O)=O)N1S(C)(=O)=O. The maximum Gasteiger partial charge on any atom is 0.264 e. The van der Waals surface area contributed by atoms with Crippen molar-refractivity contribution in [1.29, 1.82) is 0 Å². The van der Waals surface area contributed by atoms with Crippen molar-refractivity contribution in [2.45, 2.75) is 82.4 Å². The van der Waals surface area contributed by atoms with Gasteiger partial charge in [-0.3, -0.25) is 4.18 Å². The first-order valence-corrected chi connectivity index (χ1v) is 17.0. The maximum atomic E-state index is 13.0. The number of sulfonamides is 1. The molecule has 2 fully saturated rings. The Morgan fingerprint density at radius 1 is 0.902 bits per heavy atom. The highest BCUT2D eigenvalue weighted by Gasteiger charge is 2.62. The molecule has 2 aliphatic rings. The smallest absolute Gasteiger partial charge is 0.264 e. The number of aliphatic hydroxyl groups excluding tert-OH is 1. The number of rotatable bonds is 13. The molecule has 0 aromatic heterocycles. The van der Waals surface area contributed by atoms with Gasteiger partial charge in [-0.1, -0.05) is 60.7 Å². The van der Waals surface area contributed by atoms with Gasteiger partial charge in [0.25, 0.3) is 10.1 Å². The normalized spacial score (nSPS) is 26.9. The number of ether oxygens (including phenoxy) is 4. The molecule has 2 heterocycles. The molecule has 7 atom stereocenters. The van der Waals surface area contributed by atoms with Crippen LogP contribution in [0.25, 0.3) is 0 Å². The van der Waals surface area contributed by atoms with Crippen LogP contribution in [0.15, 0.2) is 60.7 Å². The molecule has 0 spiro atoms. The van der Waals surface area contributed by atoms with Crippen molar-refractivity contribution in [2.24, 2.45) is 0 Å². The first-order valence-electron chi connectivity index (χ1n) is 13.3. The van der Waals surface area contributed by atoms with E-state index in [2.05, 4.69) is 0 Å². The van der Waals surface area contributed by atoms with Crippen molar-refractivity contribution >= 4 is 20.1 Å². The van der Waals surface area contributed by atoms with Crippen LogP contribution < -0.4 is 0 Å². The summed E-state index contributed by atoms with van der Waals surface area (Å²) in [5, 5.41) is 11.9. The molecular formula is C28H39NO10S2. The van der Waals surface area contributed by atoms with Crippen molar-refractivity contribution in [3.05, 3.63) is 71.8 Å². The predicted octanol–water partition coefficient (Wildman–Crippen LogP) is 2.05. The molecule has 228 valence electrons. The predicted molar refractivity (Wildman–Crippen MR) is 151 cm³/mol. The molecule has 0 radical (unpaired) electrons. The number of fused-ring (bicyclic) bond motifs is 1. The molecule has 2 aliphatic heterocycles. The van der Waals surface area contributed by atoms with Crippen molar-refractivity contribution in [1.82, 2.24) is 4.31 Å². The highest BCUT2D eigenvalue weighted by atomic mass is 32.2. The van der Waals surface area contributed by atoms with Gasteiger partial charge in [0.05, 0.1) is 44.4 Å². The van der Waals surface area contributed by atoms with E-state index in [0.29, 0.717) is 0 Å². The first kappa shape index (κ1) is 32.0. The van der Waals surface area contributed by atoms with E-state index in [0.717, 1.165) is 27.9 Å². The van der Waals surface area contributed by atoms with Crippen molar-refractivity contribution in [3.63, 3.8) is 0 Å². The Kier molecular flexibility index (Phi) is 9.94. The van der Waals surface area contributed by atoms with Gasteiger partial charge < -0.3 is 24.1 Å². The lowest BCUT2D eigenvalue weighted by atomic mass is 9.96. The van der Waals surface area contributed by atoms with E-state index >= 15 is 0 Å². The Bertz CT molecular complexity index is 1350. The molecule has 0 unspecified atom stereocenters. The standard InChI is InChI=1S/C28H39NO10S2/c1-19-25-27(38-28(2,3)37-25)23(29(19)40(4,31)32)24(30)26(36-17-21-14-10-7-11-15-21)22(39-41(5,33)34)18-35-16-20-12-8-6-9-13-20/h6-15,19,22-27,30H,16-18H2,1-5H3/t19-,22+,23+,24-,25-,26-,27+/m1/s1. The Balaban J connectivity index is 1.69. The minimum atomic E-state index is -4.05. The summed E-state index contributed by atoms with van der Waals surface area (Å²) in [6.45, 7) is 4.98. The van der Waals surface area contributed by atoms with Gasteiger partial charge in [0.15, 0.2) is 5.79 Å². The molecule has 1 N–H and O–H groups in total. The van der Waals surface area contributed by atoms with Gasteiger partial charge >= 0.3 is 0 Å². The van der Waals surface area contributed by atoms with Gasteiger partial charge in [0.1, 0.15) is 30.5 Å². The molecule has 11 nitrogen and oxygen atoms in total. The zero-order valence-electron chi connectivity index (χ0n) is 23.8. The molecule has 2 aromatic rings. The Labute approximate surface area is 242 Å². The Morgan fingerprint density at radius 2 is 1.44 bits per heavy atom. The summed E-state index contributed by atoms with van der Waals surface area (Å²) in [5.74, 6) is -1.02. The van der Waals surface area contributed by atoms with Gasteiger partial charge in [0, 0.05) is 0 Å². The number of nitrogens with zero attached hydrogens (tertiary/aromatic N) is 1. The van der Waals surface area contributed by atoms with Crippen LogP contribution in [0.5, 0.6) is 0 Å². The lowest BCUT2D eigenvalue weighted by molar-refractivity contribution is -0.178. The summed E-state index contributed by atoms with van der Waals surface area (Å²) < 4.78 is 81.5.